The van der Waals surface area contributed by atoms with Crippen LogP contribution in [0.3, 0.4) is 0 Å². The summed E-state index contributed by atoms with van der Waals surface area (Å²) in [5.41, 5.74) is 1.30. The molecule has 0 amide bonds. The molecule has 3 rings (SSSR count). The van der Waals surface area contributed by atoms with Crippen molar-refractivity contribution >= 4 is 15.9 Å². The fraction of sp³-hybridized carbons (Fsp3) is 0.857. The topological polar surface area (TPSA) is 42.7 Å². The highest BCUT2D eigenvalue weighted by atomic mass is 79.9. The molecule has 1 aromatic heterocycles. The average molecular weight is 327 g/mol. The lowest BCUT2D eigenvalue weighted by atomic mass is 9.85. The summed E-state index contributed by atoms with van der Waals surface area (Å²) in [6.07, 6.45) is 9.43. The quantitative estimate of drug-likeness (QED) is 0.865. The molecule has 1 heterocycles. The van der Waals surface area contributed by atoms with Crippen molar-refractivity contribution < 1.29 is 0 Å². The molecule has 2 saturated carbocycles. The molecule has 4 nitrogen and oxygen atoms in total. The third kappa shape index (κ3) is 3.19. The average Bonchev–Trinajstić information content (AvgIpc) is 3.18. The number of nitrogens with one attached hydrogen (secondary N) is 1. The maximum absolute atomic E-state index is 4.17. The Morgan fingerprint density at radius 1 is 1.21 bits per heavy atom. The van der Waals surface area contributed by atoms with Crippen LogP contribution in [-0.4, -0.2) is 27.6 Å². The van der Waals surface area contributed by atoms with E-state index >= 15 is 0 Å². The molecule has 0 spiro atoms. The van der Waals surface area contributed by atoms with E-state index in [1.165, 1.54) is 50.6 Å². The van der Waals surface area contributed by atoms with E-state index in [1.54, 1.807) is 0 Å². The number of aryl methyl sites for hydroxylation is 1. The van der Waals surface area contributed by atoms with Gasteiger partial charge in [-0.15, -0.1) is 5.10 Å². The molecule has 0 radical (unpaired) electrons. The summed E-state index contributed by atoms with van der Waals surface area (Å²) >= 11 is 3.58. The standard InChI is InChI=1S/C14H23BrN4/c1-19-13(14(15)17-18-19)12-6-4-2-3-5-10(12)9-16-11-7-8-11/h10-12,16H,2-9H2,1H3. The fourth-order valence-electron chi connectivity index (χ4n) is 3.33. The van der Waals surface area contributed by atoms with Crippen LogP contribution in [0.5, 0.6) is 0 Å². The SMILES string of the molecule is Cn1nnc(Br)c1C1CCCCCC1CNC1CC1. The zero-order valence-corrected chi connectivity index (χ0v) is 13.2. The maximum atomic E-state index is 4.17. The molecule has 19 heavy (non-hydrogen) atoms. The highest BCUT2D eigenvalue weighted by molar-refractivity contribution is 9.10. The zero-order valence-electron chi connectivity index (χ0n) is 11.6. The van der Waals surface area contributed by atoms with Gasteiger partial charge in [-0.3, -0.25) is 4.68 Å². The van der Waals surface area contributed by atoms with Crippen LogP contribution < -0.4 is 5.32 Å². The van der Waals surface area contributed by atoms with Crippen LogP contribution in [0.15, 0.2) is 4.60 Å². The normalized spacial score (nSPS) is 28.3. The van der Waals surface area contributed by atoms with E-state index in [1.807, 2.05) is 11.7 Å². The van der Waals surface area contributed by atoms with Gasteiger partial charge in [-0.1, -0.05) is 24.5 Å². The van der Waals surface area contributed by atoms with Gasteiger partial charge in [-0.05, 0) is 54.1 Å². The maximum Gasteiger partial charge on any atom is 0.151 e. The molecule has 1 aromatic rings. The third-order valence-electron chi connectivity index (χ3n) is 4.58. The largest absolute Gasteiger partial charge is 0.314 e. The number of nitrogens with zero attached hydrogens (tertiary/aromatic N) is 3. The van der Waals surface area contributed by atoms with Gasteiger partial charge in [0.2, 0.25) is 0 Å². The van der Waals surface area contributed by atoms with Gasteiger partial charge in [0.15, 0.2) is 4.60 Å². The summed E-state index contributed by atoms with van der Waals surface area (Å²) in [4.78, 5) is 0. The second-order valence-corrected chi connectivity index (χ2v) is 6.83. The number of halogens is 1. The third-order valence-corrected chi connectivity index (χ3v) is 5.15. The predicted molar refractivity (Wildman–Crippen MR) is 79.0 cm³/mol. The van der Waals surface area contributed by atoms with Gasteiger partial charge in [-0.2, -0.15) is 0 Å². The lowest BCUT2D eigenvalue weighted by Crippen LogP contribution is -2.29. The first-order chi connectivity index (χ1) is 9.25. The first-order valence-corrected chi connectivity index (χ1v) is 8.33. The van der Waals surface area contributed by atoms with E-state index in [-0.39, 0.29) is 0 Å². The summed E-state index contributed by atoms with van der Waals surface area (Å²) in [5.74, 6) is 1.33. The monoisotopic (exact) mass is 326 g/mol. The molecular weight excluding hydrogens is 304 g/mol. The molecule has 2 unspecified atom stereocenters. The van der Waals surface area contributed by atoms with Gasteiger partial charge in [0.05, 0.1) is 5.69 Å². The van der Waals surface area contributed by atoms with E-state index in [0.717, 1.165) is 23.1 Å². The lowest BCUT2D eigenvalue weighted by Gasteiger charge is -2.25. The Morgan fingerprint density at radius 2 is 2.00 bits per heavy atom. The number of rotatable bonds is 4. The summed E-state index contributed by atoms with van der Waals surface area (Å²) < 4.78 is 2.91. The Balaban J connectivity index is 1.76. The highest BCUT2D eigenvalue weighted by Crippen LogP contribution is 2.38. The predicted octanol–water partition coefficient (Wildman–Crippen LogP) is 2.99. The minimum atomic E-state index is 0.600. The molecule has 0 bridgehead atoms. The summed E-state index contributed by atoms with van der Waals surface area (Å²) in [6.45, 7) is 1.16. The molecule has 2 aliphatic carbocycles. The van der Waals surface area contributed by atoms with Gasteiger partial charge in [-0.25, -0.2) is 0 Å². The van der Waals surface area contributed by atoms with E-state index in [4.69, 9.17) is 0 Å². The molecule has 1 N–H and O–H groups in total. The van der Waals surface area contributed by atoms with Crippen molar-refractivity contribution in [2.24, 2.45) is 13.0 Å². The second kappa shape index (κ2) is 5.92. The van der Waals surface area contributed by atoms with Crippen molar-refractivity contribution in [3.05, 3.63) is 10.3 Å². The van der Waals surface area contributed by atoms with Gasteiger partial charge in [0.25, 0.3) is 0 Å². The van der Waals surface area contributed by atoms with Gasteiger partial charge in [0, 0.05) is 19.0 Å². The lowest BCUT2D eigenvalue weighted by molar-refractivity contribution is 0.359. The first kappa shape index (κ1) is 13.6. The minimum absolute atomic E-state index is 0.600. The van der Waals surface area contributed by atoms with Crippen LogP contribution in [0, 0.1) is 5.92 Å². The van der Waals surface area contributed by atoms with E-state index in [9.17, 15) is 0 Å². The van der Waals surface area contributed by atoms with Crippen molar-refractivity contribution in [3.63, 3.8) is 0 Å². The van der Waals surface area contributed by atoms with E-state index in [2.05, 4.69) is 31.6 Å². The Morgan fingerprint density at radius 3 is 2.68 bits per heavy atom. The molecule has 2 atom stereocenters. The van der Waals surface area contributed by atoms with Crippen molar-refractivity contribution in [1.29, 1.82) is 0 Å². The Bertz CT molecular complexity index is 408. The van der Waals surface area contributed by atoms with Crippen molar-refractivity contribution in [2.75, 3.05) is 6.54 Å². The number of aromatic nitrogens is 3. The molecule has 2 fully saturated rings. The summed E-state index contributed by atoms with van der Waals surface area (Å²) in [5, 5.41) is 12.1. The van der Waals surface area contributed by atoms with Crippen molar-refractivity contribution in [2.45, 2.75) is 56.9 Å². The van der Waals surface area contributed by atoms with E-state index in [0.29, 0.717) is 5.92 Å². The molecule has 0 aliphatic heterocycles. The van der Waals surface area contributed by atoms with Crippen LogP contribution in [0.25, 0.3) is 0 Å². The van der Waals surface area contributed by atoms with Crippen LogP contribution in [0.1, 0.15) is 56.6 Å². The molecule has 0 saturated heterocycles. The van der Waals surface area contributed by atoms with Crippen LogP contribution in [-0.2, 0) is 7.05 Å². The minimum Gasteiger partial charge on any atom is -0.314 e. The van der Waals surface area contributed by atoms with Gasteiger partial charge >= 0.3 is 0 Å². The number of hydrogen-bond acceptors (Lipinski definition) is 3. The fourth-order valence-corrected chi connectivity index (χ4v) is 3.95. The Hall–Kier alpha value is -0.420. The van der Waals surface area contributed by atoms with Gasteiger partial charge < -0.3 is 5.32 Å². The van der Waals surface area contributed by atoms with Crippen molar-refractivity contribution in [3.8, 4) is 0 Å². The molecule has 106 valence electrons. The Labute approximate surface area is 123 Å². The van der Waals surface area contributed by atoms with E-state index < -0.39 is 0 Å². The molecule has 2 aliphatic rings. The molecular formula is C14H23BrN4. The highest BCUT2D eigenvalue weighted by Gasteiger charge is 2.31. The van der Waals surface area contributed by atoms with Crippen LogP contribution in [0.2, 0.25) is 0 Å². The molecule has 0 aromatic carbocycles. The Kier molecular flexibility index (Phi) is 4.22. The smallest absolute Gasteiger partial charge is 0.151 e. The van der Waals surface area contributed by atoms with Gasteiger partial charge in [0.1, 0.15) is 0 Å². The first-order valence-electron chi connectivity index (χ1n) is 7.54. The summed E-state index contributed by atoms with van der Waals surface area (Å²) in [7, 11) is 2.02. The van der Waals surface area contributed by atoms with Crippen LogP contribution >= 0.6 is 15.9 Å². The summed E-state index contributed by atoms with van der Waals surface area (Å²) in [6, 6.07) is 0.803. The second-order valence-electron chi connectivity index (χ2n) is 6.08. The molecule has 5 heteroatoms. The number of hydrogen-bond donors (Lipinski definition) is 1. The van der Waals surface area contributed by atoms with Crippen LogP contribution in [0.4, 0.5) is 0 Å². The van der Waals surface area contributed by atoms with Crippen molar-refractivity contribution in [1.82, 2.24) is 20.3 Å². The zero-order chi connectivity index (χ0) is 13.2.